The second-order valence-electron chi connectivity index (χ2n) is 5.45. The van der Waals surface area contributed by atoms with Crippen LogP contribution < -0.4 is 4.74 Å². The van der Waals surface area contributed by atoms with E-state index in [-0.39, 0.29) is 11.7 Å². The first-order chi connectivity index (χ1) is 9.09. The highest BCUT2D eigenvalue weighted by molar-refractivity contribution is 5.98. The highest BCUT2D eigenvalue weighted by Crippen LogP contribution is 2.67. The van der Waals surface area contributed by atoms with Crippen LogP contribution >= 0.6 is 0 Å². The first kappa shape index (κ1) is 12.2. The van der Waals surface area contributed by atoms with Crippen LogP contribution in [0.25, 0.3) is 0 Å². The molecule has 4 nitrogen and oxygen atoms in total. The third-order valence-corrected chi connectivity index (χ3v) is 4.63. The number of fused-ring (bicyclic) bond motifs is 1. The van der Waals surface area contributed by atoms with Gasteiger partial charge in [-0.05, 0) is 36.5 Å². The summed E-state index contributed by atoms with van der Waals surface area (Å²) in [6, 6.07) is 7.51. The minimum Gasteiger partial charge on any atom is -0.497 e. The van der Waals surface area contributed by atoms with Crippen molar-refractivity contribution in [1.82, 2.24) is 0 Å². The lowest BCUT2D eigenvalue weighted by Crippen LogP contribution is -2.22. The van der Waals surface area contributed by atoms with E-state index in [0.29, 0.717) is 12.8 Å². The SMILES string of the molecule is COc1ccc(C[C@]23C(=O)CC[C@@H]2[C@@H]3C(=O)O)cc1. The highest BCUT2D eigenvalue weighted by atomic mass is 16.5. The van der Waals surface area contributed by atoms with Crippen molar-refractivity contribution in [3.63, 3.8) is 0 Å². The van der Waals surface area contributed by atoms with Crippen molar-refractivity contribution < 1.29 is 19.4 Å². The molecule has 100 valence electrons. The van der Waals surface area contributed by atoms with E-state index in [1.54, 1.807) is 7.11 Å². The van der Waals surface area contributed by atoms with Gasteiger partial charge in [0.1, 0.15) is 11.5 Å². The Morgan fingerprint density at radius 2 is 2.11 bits per heavy atom. The molecule has 0 spiro atoms. The number of carbonyl (C=O) groups excluding carboxylic acids is 1. The fraction of sp³-hybridized carbons (Fsp3) is 0.467. The molecule has 0 saturated heterocycles. The molecule has 3 rings (SSSR count). The van der Waals surface area contributed by atoms with Crippen molar-refractivity contribution >= 4 is 11.8 Å². The zero-order valence-corrected chi connectivity index (χ0v) is 10.8. The fourth-order valence-electron chi connectivity index (χ4n) is 3.66. The van der Waals surface area contributed by atoms with Gasteiger partial charge in [0.15, 0.2) is 0 Å². The summed E-state index contributed by atoms with van der Waals surface area (Å²) in [6.45, 7) is 0. The summed E-state index contributed by atoms with van der Waals surface area (Å²) in [4.78, 5) is 23.3. The molecule has 0 aliphatic heterocycles. The zero-order valence-electron chi connectivity index (χ0n) is 10.8. The van der Waals surface area contributed by atoms with E-state index in [9.17, 15) is 14.7 Å². The van der Waals surface area contributed by atoms with Gasteiger partial charge in [-0.25, -0.2) is 0 Å². The molecule has 2 aliphatic rings. The smallest absolute Gasteiger partial charge is 0.307 e. The van der Waals surface area contributed by atoms with Crippen molar-refractivity contribution in [2.45, 2.75) is 19.3 Å². The Hall–Kier alpha value is -1.84. The van der Waals surface area contributed by atoms with Crippen LogP contribution in [0.4, 0.5) is 0 Å². The Balaban J connectivity index is 1.84. The lowest BCUT2D eigenvalue weighted by atomic mass is 9.90. The number of ether oxygens (including phenoxy) is 1. The number of ketones is 1. The molecule has 0 amide bonds. The van der Waals surface area contributed by atoms with Gasteiger partial charge in [0.2, 0.25) is 0 Å². The Morgan fingerprint density at radius 1 is 1.42 bits per heavy atom. The maximum absolute atomic E-state index is 12.1. The van der Waals surface area contributed by atoms with Crippen molar-refractivity contribution in [1.29, 1.82) is 0 Å². The number of hydrogen-bond acceptors (Lipinski definition) is 3. The van der Waals surface area contributed by atoms with Crippen molar-refractivity contribution in [3.05, 3.63) is 29.8 Å². The Bertz CT molecular complexity index is 534. The van der Waals surface area contributed by atoms with Crippen LogP contribution in [0.1, 0.15) is 18.4 Å². The van der Waals surface area contributed by atoms with E-state index >= 15 is 0 Å². The fourth-order valence-corrected chi connectivity index (χ4v) is 3.66. The summed E-state index contributed by atoms with van der Waals surface area (Å²) in [5, 5.41) is 9.23. The number of hydrogen-bond donors (Lipinski definition) is 1. The van der Waals surface area contributed by atoms with E-state index in [1.165, 1.54) is 0 Å². The van der Waals surface area contributed by atoms with Gasteiger partial charge in [-0.1, -0.05) is 12.1 Å². The van der Waals surface area contributed by atoms with Gasteiger partial charge in [0, 0.05) is 6.42 Å². The van der Waals surface area contributed by atoms with Crippen LogP contribution in [0.15, 0.2) is 24.3 Å². The van der Waals surface area contributed by atoms with Gasteiger partial charge in [-0.15, -0.1) is 0 Å². The third-order valence-electron chi connectivity index (χ3n) is 4.63. The summed E-state index contributed by atoms with van der Waals surface area (Å²) >= 11 is 0. The van der Waals surface area contributed by atoms with E-state index in [0.717, 1.165) is 17.7 Å². The summed E-state index contributed by atoms with van der Waals surface area (Å²) in [6.07, 6.45) is 1.80. The molecule has 0 radical (unpaired) electrons. The number of carboxylic acid groups (broad SMARTS) is 1. The minimum absolute atomic E-state index is 0.0413. The van der Waals surface area contributed by atoms with Crippen LogP contribution in [-0.4, -0.2) is 24.0 Å². The monoisotopic (exact) mass is 260 g/mol. The molecule has 1 N–H and O–H groups in total. The quantitative estimate of drug-likeness (QED) is 0.898. The van der Waals surface area contributed by atoms with E-state index in [1.807, 2.05) is 24.3 Å². The van der Waals surface area contributed by atoms with E-state index in [4.69, 9.17) is 4.74 Å². The van der Waals surface area contributed by atoms with Gasteiger partial charge in [-0.3, -0.25) is 9.59 Å². The molecular formula is C15H16O4. The Kier molecular flexibility index (Phi) is 2.62. The van der Waals surface area contributed by atoms with Crippen molar-refractivity contribution in [2.75, 3.05) is 7.11 Å². The van der Waals surface area contributed by atoms with Crippen molar-refractivity contribution in [2.24, 2.45) is 17.3 Å². The maximum atomic E-state index is 12.1. The zero-order chi connectivity index (χ0) is 13.6. The number of carboxylic acids is 1. The molecule has 3 atom stereocenters. The lowest BCUT2D eigenvalue weighted by molar-refractivity contribution is -0.142. The average Bonchev–Trinajstić information content (AvgIpc) is 2.95. The molecule has 2 saturated carbocycles. The topological polar surface area (TPSA) is 63.6 Å². The number of aliphatic carboxylic acids is 1. The van der Waals surface area contributed by atoms with Crippen molar-refractivity contribution in [3.8, 4) is 5.75 Å². The molecule has 0 unspecified atom stereocenters. The molecule has 0 bridgehead atoms. The summed E-state index contributed by atoms with van der Waals surface area (Å²) in [5.74, 6) is -0.371. The van der Waals surface area contributed by atoms with Gasteiger partial charge in [0.05, 0.1) is 18.4 Å². The van der Waals surface area contributed by atoms with Crippen LogP contribution in [0.2, 0.25) is 0 Å². The summed E-state index contributed by atoms with van der Waals surface area (Å²) < 4.78 is 5.09. The Morgan fingerprint density at radius 3 is 2.63 bits per heavy atom. The lowest BCUT2D eigenvalue weighted by Gasteiger charge is -2.13. The van der Waals surface area contributed by atoms with Crippen LogP contribution in [0.3, 0.4) is 0 Å². The average molecular weight is 260 g/mol. The summed E-state index contributed by atoms with van der Waals surface area (Å²) in [7, 11) is 1.60. The van der Waals surface area contributed by atoms with Gasteiger partial charge in [0.25, 0.3) is 0 Å². The molecule has 4 heteroatoms. The second kappa shape index (κ2) is 4.08. The third kappa shape index (κ3) is 1.66. The molecule has 2 fully saturated rings. The number of carbonyl (C=O) groups is 2. The van der Waals surface area contributed by atoms with E-state index in [2.05, 4.69) is 0 Å². The molecule has 2 aliphatic carbocycles. The standard InChI is InChI=1S/C15H16O4/c1-19-10-4-2-9(3-5-10)8-15-11(6-7-12(15)16)13(15)14(17)18/h2-5,11,13H,6-8H2,1H3,(H,17,18)/t11-,13-,15-/m1/s1. The normalized spacial score (nSPS) is 31.9. The Labute approximate surface area is 111 Å². The van der Waals surface area contributed by atoms with Crippen LogP contribution in [0, 0.1) is 17.3 Å². The molecule has 19 heavy (non-hydrogen) atoms. The number of Topliss-reactive ketones (excluding diaryl/α,β-unsaturated/α-hetero) is 1. The molecule has 1 aromatic carbocycles. The predicted octanol–water partition coefficient (Wildman–Crippen LogP) is 1.92. The predicted molar refractivity (Wildman–Crippen MR) is 68.0 cm³/mol. The minimum atomic E-state index is -0.827. The highest BCUT2D eigenvalue weighted by Gasteiger charge is 2.74. The largest absolute Gasteiger partial charge is 0.497 e. The first-order valence-corrected chi connectivity index (χ1v) is 6.48. The first-order valence-electron chi connectivity index (χ1n) is 6.48. The molecule has 0 aromatic heterocycles. The van der Waals surface area contributed by atoms with Gasteiger partial charge < -0.3 is 9.84 Å². The molecular weight excluding hydrogens is 244 g/mol. The van der Waals surface area contributed by atoms with E-state index < -0.39 is 17.3 Å². The number of rotatable bonds is 4. The summed E-state index contributed by atoms with van der Waals surface area (Å²) in [5.41, 5.74) is 0.380. The van der Waals surface area contributed by atoms with Gasteiger partial charge >= 0.3 is 5.97 Å². The second-order valence-corrected chi connectivity index (χ2v) is 5.45. The number of benzene rings is 1. The molecule has 1 aromatic rings. The van der Waals surface area contributed by atoms with Crippen LogP contribution in [-0.2, 0) is 16.0 Å². The molecule has 0 heterocycles. The number of methoxy groups -OCH3 is 1. The maximum Gasteiger partial charge on any atom is 0.307 e. The van der Waals surface area contributed by atoms with Crippen LogP contribution in [0.5, 0.6) is 5.75 Å². The van der Waals surface area contributed by atoms with Gasteiger partial charge in [-0.2, -0.15) is 0 Å².